The lowest BCUT2D eigenvalue weighted by Crippen LogP contribution is -2.18. The number of methoxy groups -OCH3 is 1. The highest BCUT2D eigenvalue weighted by atomic mass is 19.1. The predicted octanol–water partition coefficient (Wildman–Crippen LogP) is 3.30. The summed E-state index contributed by atoms with van der Waals surface area (Å²) < 4.78 is 24.4. The van der Waals surface area contributed by atoms with Gasteiger partial charge < -0.3 is 14.8 Å². The van der Waals surface area contributed by atoms with Crippen LogP contribution in [-0.4, -0.2) is 26.9 Å². The molecular weight excluding hydrogens is 245 g/mol. The van der Waals surface area contributed by atoms with Crippen LogP contribution in [0.5, 0.6) is 5.75 Å². The molecule has 0 fully saturated rings. The number of rotatable bonds is 9. The molecule has 0 aliphatic carbocycles. The first-order valence-electron chi connectivity index (χ1n) is 6.83. The average Bonchev–Trinajstić information content (AvgIpc) is 2.39. The van der Waals surface area contributed by atoms with Crippen LogP contribution in [0.3, 0.4) is 0 Å². The number of nitrogens with one attached hydrogen (secondary N) is 1. The molecule has 0 amide bonds. The zero-order valence-electron chi connectivity index (χ0n) is 12.0. The smallest absolute Gasteiger partial charge is 0.131 e. The Bertz CT molecular complexity index is 371. The summed E-state index contributed by atoms with van der Waals surface area (Å²) in [4.78, 5) is 0. The van der Waals surface area contributed by atoms with Crippen molar-refractivity contribution in [2.75, 3.05) is 26.9 Å². The van der Waals surface area contributed by atoms with E-state index in [1.54, 1.807) is 13.2 Å². The maximum atomic E-state index is 13.9. The van der Waals surface area contributed by atoms with Crippen LogP contribution in [0.2, 0.25) is 0 Å². The number of hydrogen-bond acceptors (Lipinski definition) is 3. The Morgan fingerprint density at radius 1 is 1.26 bits per heavy atom. The fourth-order valence-electron chi connectivity index (χ4n) is 1.90. The summed E-state index contributed by atoms with van der Waals surface area (Å²) in [5.41, 5.74) is 0.675. The molecule has 0 heterocycles. The van der Waals surface area contributed by atoms with Crippen molar-refractivity contribution in [2.45, 2.75) is 32.7 Å². The molecule has 0 bridgehead atoms. The Morgan fingerprint density at radius 3 is 2.63 bits per heavy atom. The Hall–Kier alpha value is -1.13. The van der Waals surface area contributed by atoms with Gasteiger partial charge in [-0.25, -0.2) is 4.39 Å². The largest absolute Gasteiger partial charge is 0.493 e. The molecule has 1 atom stereocenters. The molecule has 1 aromatic carbocycles. The molecule has 0 aliphatic heterocycles. The van der Waals surface area contributed by atoms with Crippen molar-refractivity contribution in [3.8, 4) is 5.75 Å². The standard InChI is InChI=1S/C15H24FNO2/c1-4-17-12(2)14-8-7-13(11-15(14)16)19-10-6-5-9-18-3/h7-8,11-12,17H,4-6,9-10H2,1-3H3. The minimum Gasteiger partial charge on any atom is -0.493 e. The highest BCUT2D eigenvalue weighted by Gasteiger charge is 2.10. The Kier molecular flexibility index (Phi) is 7.45. The highest BCUT2D eigenvalue weighted by Crippen LogP contribution is 2.22. The van der Waals surface area contributed by atoms with Crippen LogP contribution in [0.4, 0.5) is 4.39 Å². The Labute approximate surface area is 115 Å². The molecular formula is C15H24FNO2. The number of unbranched alkanes of at least 4 members (excludes halogenated alkanes) is 1. The lowest BCUT2D eigenvalue weighted by Gasteiger charge is -2.14. The first-order chi connectivity index (χ1) is 9.19. The van der Waals surface area contributed by atoms with Gasteiger partial charge in [0.2, 0.25) is 0 Å². The maximum Gasteiger partial charge on any atom is 0.131 e. The minimum absolute atomic E-state index is 0.0146. The second-order valence-electron chi connectivity index (χ2n) is 4.51. The van der Waals surface area contributed by atoms with Crippen molar-refractivity contribution in [3.05, 3.63) is 29.6 Å². The van der Waals surface area contributed by atoms with Gasteiger partial charge in [-0.3, -0.25) is 0 Å². The molecule has 0 spiro atoms. The van der Waals surface area contributed by atoms with E-state index in [-0.39, 0.29) is 11.9 Å². The van der Waals surface area contributed by atoms with E-state index in [0.29, 0.717) is 17.9 Å². The Balaban J connectivity index is 2.47. The fourth-order valence-corrected chi connectivity index (χ4v) is 1.90. The van der Waals surface area contributed by atoms with Crippen LogP contribution >= 0.6 is 0 Å². The van der Waals surface area contributed by atoms with E-state index in [9.17, 15) is 4.39 Å². The minimum atomic E-state index is -0.220. The molecule has 1 rings (SSSR count). The van der Waals surface area contributed by atoms with Crippen molar-refractivity contribution in [1.82, 2.24) is 5.32 Å². The molecule has 19 heavy (non-hydrogen) atoms. The SMILES string of the molecule is CCNC(C)c1ccc(OCCCCOC)cc1F. The maximum absolute atomic E-state index is 13.9. The van der Waals surface area contributed by atoms with Crippen molar-refractivity contribution in [3.63, 3.8) is 0 Å². The first kappa shape index (κ1) is 15.9. The van der Waals surface area contributed by atoms with Gasteiger partial charge in [-0.15, -0.1) is 0 Å². The third kappa shape index (κ3) is 5.57. The fraction of sp³-hybridized carbons (Fsp3) is 0.600. The molecule has 1 aromatic rings. The molecule has 0 saturated carbocycles. The zero-order valence-corrected chi connectivity index (χ0v) is 12.0. The van der Waals surface area contributed by atoms with E-state index in [1.165, 1.54) is 6.07 Å². The summed E-state index contributed by atoms with van der Waals surface area (Å²) >= 11 is 0. The number of halogens is 1. The van der Waals surface area contributed by atoms with Crippen LogP contribution in [0, 0.1) is 5.82 Å². The van der Waals surface area contributed by atoms with Gasteiger partial charge in [-0.05, 0) is 32.4 Å². The van der Waals surface area contributed by atoms with Crippen LogP contribution in [0.1, 0.15) is 38.3 Å². The monoisotopic (exact) mass is 269 g/mol. The van der Waals surface area contributed by atoms with Gasteiger partial charge in [0.25, 0.3) is 0 Å². The topological polar surface area (TPSA) is 30.5 Å². The highest BCUT2D eigenvalue weighted by molar-refractivity contribution is 5.30. The molecule has 0 saturated heterocycles. The molecule has 1 unspecified atom stereocenters. The molecule has 1 N–H and O–H groups in total. The second-order valence-corrected chi connectivity index (χ2v) is 4.51. The third-order valence-electron chi connectivity index (χ3n) is 2.96. The summed E-state index contributed by atoms with van der Waals surface area (Å²) in [6, 6.07) is 5.08. The van der Waals surface area contributed by atoms with E-state index in [0.717, 1.165) is 26.0 Å². The average molecular weight is 269 g/mol. The van der Waals surface area contributed by atoms with Crippen LogP contribution in [0.25, 0.3) is 0 Å². The second kappa shape index (κ2) is 8.88. The molecule has 0 aliphatic rings. The number of hydrogen-bond donors (Lipinski definition) is 1. The quantitative estimate of drug-likeness (QED) is 0.698. The van der Waals surface area contributed by atoms with Crippen LogP contribution < -0.4 is 10.1 Å². The van der Waals surface area contributed by atoms with E-state index in [2.05, 4.69) is 5.32 Å². The molecule has 0 aromatic heterocycles. The van der Waals surface area contributed by atoms with Gasteiger partial charge in [0.05, 0.1) is 6.61 Å². The lowest BCUT2D eigenvalue weighted by atomic mass is 10.1. The lowest BCUT2D eigenvalue weighted by molar-refractivity contribution is 0.184. The summed E-state index contributed by atoms with van der Waals surface area (Å²) in [5.74, 6) is 0.366. The normalized spacial score (nSPS) is 12.4. The molecule has 108 valence electrons. The van der Waals surface area contributed by atoms with Crippen molar-refractivity contribution < 1.29 is 13.9 Å². The van der Waals surface area contributed by atoms with E-state index < -0.39 is 0 Å². The van der Waals surface area contributed by atoms with Crippen molar-refractivity contribution in [2.24, 2.45) is 0 Å². The van der Waals surface area contributed by atoms with Crippen LogP contribution in [-0.2, 0) is 4.74 Å². The van der Waals surface area contributed by atoms with Gasteiger partial charge in [0.1, 0.15) is 11.6 Å². The van der Waals surface area contributed by atoms with Gasteiger partial charge in [0, 0.05) is 31.4 Å². The molecule has 4 heteroatoms. The summed E-state index contributed by atoms with van der Waals surface area (Å²) in [6.45, 7) is 6.10. The number of benzene rings is 1. The summed E-state index contributed by atoms with van der Waals surface area (Å²) in [7, 11) is 1.68. The van der Waals surface area contributed by atoms with Gasteiger partial charge in [-0.2, -0.15) is 0 Å². The summed E-state index contributed by atoms with van der Waals surface area (Å²) in [6.07, 6.45) is 1.86. The number of ether oxygens (including phenoxy) is 2. The molecule has 0 radical (unpaired) electrons. The first-order valence-corrected chi connectivity index (χ1v) is 6.83. The van der Waals surface area contributed by atoms with E-state index in [1.807, 2.05) is 19.9 Å². The van der Waals surface area contributed by atoms with Crippen molar-refractivity contribution in [1.29, 1.82) is 0 Å². The van der Waals surface area contributed by atoms with E-state index in [4.69, 9.17) is 9.47 Å². The zero-order chi connectivity index (χ0) is 14.1. The third-order valence-corrected chi connectivity index (χ3v) is 2.96. The van der Waals surface area contributed by atoms with Gasteiger partial charge >= 0.3 is 0 Å². The molecule has 3 nitrogen and oxygen atoms in total. The van der Waals surface area contributed by atoms with E-state index >= 15 is 0 Å². The summed E-state index contributed by atoms with van der Waals surface area (Å²) in [5, 5.41) is 3.19. The van der Waals surface area contributed by atoms with Gasteiger partial charge in [-0.1, -0.05) is 13.0 Å². The van der Waals surface area contributed by atoms with Crippen molar-refractivity contribution >= 4 is 0 Å². The van der Waals surface area contributed by atoms with Gasteiger partial charge in [0.15, 0.2) is 0 Å². The van der Waals surface area contributed by atoms with Crippen LogP contribution in [0.15, 0.2) is 18.2 Å². The predicted molar refractivity (Wildman–Crippen MR) is 75.1 cm³/mol. The Morgan fingerprint density at radius 2 is 2.00 bits per heavy atom.